The van der Waals surface area contributed by atoms with Gasteiger partial charge in [0.1, 0.15) is 5.58 Å². The minimum absolute atomic E-state index is 0.688. The summed E-state index contributed by atoms with van der Waals surface area (Å²) < 4.78 is 6.28. The van der Waals surface area contributed by atoms with E-state index in [-0.39, 0.29) is 0 Å². The summed E-state index contributed by atoms with van der Waals surface area (Å²) in [5.74, 6) is 0. The molecule has 0 spiro atoms. The van der Waals surface area contributed by atoms with Gasteiger partial charge in [0.25, 0.3) is 0 Å². The molecule has 2 aromatic carbocycles. The fourth-order valence-corrected chi connectivity index (χ4v) is 4.22. The van der Waals surface area contributed by atoms with E-state index in [1.165, 1.54) is 16.7 Å². The highest BCUT2D eigenvalue weighted by molar-refractivity contribution is 6.10. The topological polar surface area (TPSA) is 38.9 Å². The standard InChI is InChI=1S/C26H22N2O/c1-15-13-22(27-14-21(15)19-8-6-5-7-9-19)24-17(3)12-16(2)23-20-11-10-18(4)28-26(20)29-25(23)24/h5-14H,1-4H3. The molecule has 142 valence electrons. The lowest BCUT2D eigenvalue weighted by atomic mass is 9.95. The van der Waals surface area contributed by atoms with E-state index in [2.05, 4.69) is 68.2 Å². The lowest BCUT2D eigenvalue weighted by Gasteiger charge is -2.12. The molecule has 0 unspecified atom stereocenters. The van der Waals surface area contributed by atoms with E-state index in [0.29, 0.717) is 5.71 Å². The molecule has 0 aliphatic rings. The van der Waals surface area contributed by atoms with E-state index in [1.54, 1.807) is 0 Å². The summed E-state index contributed by atoms with van der Waals surface area (Å²) >= 11 is 0. The van der Waals surface area contributed by atoms with Crippen LogP contribution >= 0.6 is 0 Å². The van der Waals surface area contributed by atoms with Gasteiger partial charge in [-0.1, -0.05) is 36.4 Å². The van der Waals surface area contributed by atoms with E-state index in [4.69, 9.17) is 9.40 Å². The van der Waals surface area contributed by atoms with Crippen molar-refractivity contribution in [1.29, 1.82) is 0 Å². The molecule has 5 aromatic rings. The number of fused-ring (bicyclic) bond motifs is 3. The molecule has 0 fully saturated rings. The van der Waals surface area contributed by atoms with E-state index >= 15 is 0 Å². The first kappa shape index (κ1) is 17.6. The van der Waals surface area contributed by atoms with E-state index in [1.807, 2.05) is 25.3 Å². The molecule has 3 nitrogen and oxygen atoms in total. The lowest BCUT2D eigenvalue weighted by Crippen LogP contribution is -1.93. The molecule has 3 heterocycles. The van der Waals surface area contributed by atoms with Gasteiger partial charge in [-0.2, -0.15) is 0 Å². The molecule has 0 aliphatic carbocycles. The molecule has 0 aliphatic heterocycles. The van der Waals surface area contributed by atoms with Crippen LogP contribution in [-0.4, -0.2) is 9.97 Å². The van der Waals surface area contributed by atoms with Crippen LogP contribution < -0.4 is 0 Å². The zero-order valence-corrected chi connectivity index (χ0v) is 17.1. The number of aryl methyl sites for hydroxylation is 4. The average Bonchev–Trinajstić information content (AvgIpc) is 3.07. The quantitative estimate of drug-likeness (QED) is 0.334. The molecular weight excluding hydrogens is 356 g/mol. The molecule has 0 N–H and O–H groups in total. The number of nitrogens with zero attached hydrogens (tertiary/aromatic N) is 2. The average molecular weight is 378 g/mol. The van der Waals surface area contributed by atoms with Crippen LogP contribution in [0.3, 0.4) is 0 Å². The van der Waals surface area contributed by atoms with Crippen molar-refractivity contribution in [2.45, 2.75) is 27.7 Å². The van der Waals surface area contributed by atoms with E-state index < -0.39 is 0 Å². The highest BCUT2D eigenvalue weighted by Gasteiger charge is 2.19. The van der Waals surface area contributed by atoms with E-state index in [0.717, 1.165) is 44.4 Å². The zero-order valence-electron chi connectivity index (χ0n) is 17.1. The number of furan rings is 1. The minimum atomic E-state index is 0.688. The lowest BCUT2D eigenvalue weighted by molar-refractivity contribution is 0.653. The first-order valence-corrected chi connectivity index (χ1v) is 9.85. The summed E-state index contributed by atoms with van der Waals surface area (Å²) in [7, 11) is 0. The fourth-order valence-electron chi connectivity index (χ4n) is 4.22. The summed E-state index contributed by atoms with van der Waals surface area (Å²) in [4.78, 5) is 9.44. The number of aromatic nitrogens is 2. The van der Waals surface area contributed by atoms with Crippen molar-refractivity contribution in [3.05, 3.63) is 83.2 Å². The van der Waals surface area contributed by atoms with Gasteiger partial charge < -0.3 is 4.42 Å². The van der Waals surface area contributed by atoms with Gasteiger partial charge in [0, 0.05) is 33.8 Å². The van der Waals surface area contributed by atoms with Gasteiger partial charge in [-0.05, 0) is 68.1 Å². The predicted molar refractivity (Wildman–Crippen MR) is 119 cm³/mol. The van der Waals surface area contributed by atoms with Crippen LogP contribution in [-0.2, 0) is 0 Å². The summed E-state index contributed by atoms with van der Waals surface area (Å²) in [6.07, 6.45) is 1.97. The Morgan fingerprint density at radius 2 is 1.59 bits per heavy atom. The van der Waals surface area contributed by atoms with Gasteiger partial charge in [0.05, 0.1) is 5.69 Å². The second-order valence-corrected chi connectivity index (χ2v) is 7.75. The van der Waals surface area contributed by atoms with Crippen LogP contribution in [0.15, 0.2) is 65.2 Å². The van der Waals surface area contributed by atoms with Crippen molar-refractivity contribution < 1.29 is 4.42 Å². The van der Waals surface area contributed by atoms with Gasteiger partial charge in [0.15, 0.2) is 0 Å². The van der Waals surface area contributed by atoms with E-state index in [9.17, 15) is 0 Å². The predicted octanol–water partition coefficient (Wildman–Crippen LogP) is 6.94. The Morgan fingerprint density at radius 3 is 2.34 bits per heavy atom. The first-order valence-electron chi connectivity index (χ1n) is 9.85. The molecule has 0 amide bonds. The number of pyridine rings is 2. The van der Waals surface area contributed by atoms with Crippen molar-refractivity contribution >= 4 is 22.1 Å². The highest BCUT2D eigenvalue weighted by atomic mass is 16.3. The molecule has 0 saturated carbocycles. The highest BCUT2D eigenvalue weighted by Crippen LogP contribution is 2.39. The van der Waals surface area contributed by atoms with Crippen LogP contribution in [0.5, 0.6) is 0 Å². The van der Waals surface area contributed by atoms with Crippen molar-refractivity contribution in [2.75, 3.05) is 0 Å². The first-order chi connectivity index (χ1) is 14.0. The molecule has 0 saturated heterocycles. The van der Waals surface area contributed by atoms with Crippen molar-refractivity contribution in [2.24, 2.45) is 0 Å². The third kappa shape index (κ3) is 2.82. The largest absolute Gasteiger partial charge is 0.437 e. The number of hydrogen-bond donors (Lipinski definition) is 0. The molecule has 3 aromatic heterocycles. The second kappa shape index (κ2) is 6.56. The number of rotatable bonds is 2. The van der Waals surface area contributed by atoms with Gasteiger partial charge in [-0.15, -0.1) is 0 Å². The van der Waals surface area contributed by atoms with Gasteiger partial charge in [0.2, 0.25) is 5.71 Å². The zero-order chi connectivity index (χ0) is 20.1. The molecule has 0 atom stereocenters. The monoisotopic (exact) mass is 378 g/mol. The summed E-state index contributed by atoms with van der Waals surface area (Å²) in [6.45, 7) is 8.37. The van der Waals surface area contributed by atoms with Crippen molar-refractivity contribution in [3.63, 3.8) is 0 Å². The third-order valence-electron chi connectivity index (χ3n) is 5.60. The molecule has 0 radical (unpaired) electrons. The Hall–Kier alpha value is -3.46. The van der Waals surface area contributed by atoms with Gasteiger partial charge >= 0.3 is 0 Å². The molecule has 29 heavy (non-hydrogen) atoms. The van der Waals surface area contributed by atoms with Crippen molar-refractivity contribution in [1.82, 2.24) is 9.97 Å². The van der Waals surface area contributed by atoms with Crippen LogP contribution in [0.2, 0.25) is 0 Å². The fraction of sp³-hybridized carbons (Fsp3) is 0.154. The van der Waals surface area contributed by atoms with Crippen LogP contribution in [0, 0.1) is 27.7 Å². The van der Waals surface area contributed by atoms with Gasteiger partial charge in [-0.25, -0.2) is 4.98 Å². The summed E-state index contributed by atoms with van der Waals surface area (Å²) in [6, 6.07) is 18.9. The molecule has 3 heteroatoms. The maximum absolute atomic E-state index is 6.28. The Bertz CT molecular complexity index is 1380. The third-order valence-corrected chi connectivity index (χ3v) is 5.60. The summed E-state index contributed by atoms with van der Waals surface area (Å²) in [5.41, 5.74) is 10.4. The SMILES string of the molecule is Cc1ccc2c(n1)oc1c(-c3cc(C)c(-c4ccccc4)cn3)c(C)cc(C)c12. The smallest absolute Gasteiger partial charge is 0.227 e. The Kier molecular flexibility index (Phi) is 3.99. The number of hydrogen-bond acceptors (Lipinski definition) is 3. The van der Waals surface area contributed by atoms with Crippen LogP contribution in [0.1, 0.15) is 22.4 Å². The number of benzene rings is 2. The normalized spacial score (nSPS) is 11.4. The summed E-state index contributed by atoms with van der Waals surface area (Å²) in [5, 5.41) is 2.18. The second-order valence-electron chi connectivity index (χ2n) is 7.75. The minimum Gasteiger partial charge on any atom is -0.437 e. The Morgan fingerprint density at radius 1 is 0.793 bits per heavy atom. The molecule has 5 rings (SSSR count). The van der Waals surface area contributed by atoms with Crippen LogP contribution in [0.4, 0.5) is 0 Å². The molecule has 0 bridgehead atoms. The maximum atomic E-state index is 6.28. The Labute approximate surface area is 170 Å². The van der Waals surface area contributed by atoms with Crippen LogP contribution in [0.25, 0.3) is 44.5 Å². The Balaban J connectivity index is 1.77. The van der Waals surface area contributed by atoms with Crippen molar-refractivity contribution in [3.8, 4) is 22.4 Å². The van der Waals surface area contributed by atoms with Gasteiger partial charge in [-0.3, -0.25) is 4.98 Å². The maximum Gasteiger partial charge on any atom is 0.227 e. The molecular formula is C26H22N2O.